The number of carbonyl (C=O) groups is 1. The van der Waals surface area contributed by atoms with Crippen LogP contribution in [-0.4, -0.2) is 34.6 Å². The highest BCUT2D eigenvalue weighted by Crippen LogP contribution is 2.25. The van der Waals surface area contributed by atoms with Gasteiger partial charge in [0.25, 0.3) is 5.91 Å². The second kappa shape index (κ2) is 7.08. The van der Waals surface area contributed by atoms with E-state index < -0.39 is 0 Å². The van der Waals surface area contributed by atoms with Crippen LogP contribution in [0.15, 0.2) is 18.2 Å². The van der Waals surface area contributed by atoms with E-state index in [0.717, 1.165) is 42.5 Å². The second-order valence-electron chi connectivity index (χ2n) is 6.35. The fourth-order valence-corrected chi connectivity index (χ4v) is 3.38. The Morgan fingerprint density at radius 2 is 1.95 bits per heavy atom. The summed E-state index contributed by atoms with van der Waals surface area (Å²) in [5.41, 5.74) is 2.93. The fraction of sp³-hybridized carbons (Fsp3) is 0.611. The Labute approximate surface area is 128 Å². The van der Waals surface area contributed by atoms with E-state index in [2.05, 4.69) is 0 Å². The highest BCUT2D eigenvalue weighted by molar-refractivity contribution is 5.97. The first kappa shape index (κ1) is 16.0. The molecule has 1 heterocycles. The van der Waals surface area contributed by atoms with Gasteiger partial charge in [-0.05, 0) is 51.2 Å². The Balaban J connectivity index is 2.29. The van der Waals surface area contributed by atoms with Crippen molar-refractivity contribution in [2.24, 2.45) is 0 Å². The lowest BCUT2D eigenvalue weighted by atomic mass is 9.99. The summed E-state index contributed by atoms with van der Waals surface area (Å²) in [6.45, 7) is 6.63. The van der Waals surface area contributed by atoms with Gasteiger partial charge in [-0.1, -0.05) is 31.0 Å². The van der Waals surface area contributed by atoms with Crippen LogP contribution >= 0.6 is 0 Å². The minimum atomic E-state index is -0.360. The minimum absolute atomic E-state index is 0.137. The molecule has 3 nitrogen and oxygen atoms in total. The summed E-state index contributed by atoms with van der Waals surface area (Å²) in [4.78, 5) is 15.0. The van der Waals surface area contributed by atoms with Gasteiger partial charge in [-0.2, -0.15) is 0 Å². The minimum Gasteiger partial charge on any atom is -0.393 e. The molecule has 2 rings (SSSR count). The van der Waals surface area contributed by atoms with E-state index in [9.17, 15) is 9.90 Å². The molecule has 0 spiro atoms. The largest absolute Gasteiger partial charge is 0.393 e. The Kier molecular flexibility index (Phi) is 5.40. The van der Waals surface area contributed by atoms with E-state index >= 15 is 0 Å². The molecule has 1 fully saturated rings. The summed E-state index contributed by atoms with van der Waals surface area (Å²) in [7, 11) is 0. The molecule has 1 aliphatic rings. The van der Waals surface area contributed by atoms with Crippen LogP contribution in [0.5, 0.6) is 0 Å². The van der Waals surface area contributed by atoms with Crippen molar-refractivity contribution < 1.29 is 9.90 Å². The van der Waals surface area contributed by atoms with Gasteiger partial charge in [0.1, 0.15) is 0 Å². The van der Waals surface area contributed by atoms with Gasteiger partial charge in [0.05, 0.1) is 6.10 Å². The fourth-order valence-electron chi connectivity index (χ4n) is 3.38. The van der Waals surface area contributed by atoms with Gasteiger partial charge in [-0.25, -0.2) is 0 Å². The Hall–Kier alpha value is -1.35. The molecule has 1 N–H and O–H groups in total. The van der Waals surface area contributed by atoms with Crippen molar-refractivity contribution in [3.8, 4) is 0 Å². The van der Waals surface area contributed by atoms with Gasteiger partial charge >= 0.3 is 0 Å². The zero-order chi connectivity index (χ0) is 15.4. The average Bonchev–Trinajstić information content (AvgIpc) is 2.63. The lowest BCUT2D eigenvalue weighted by Gasteiger charge is -2.32. The quantitative estimate of drug-likeness (QED) is 0.925. The maximum atomic E-state index is 13.0. The molecule has 3 heteroatoms. The van der Waals surface area contributed by atoms with Crippen LogP contribution in [0.3, 0.4) is 0 Å². The van der Waals surface area contributed by atoms with Crippen molar-refractivity contribution in [1.29, 1.82) is 0 Å². The number of hydrogen-bond acceptors (Lipinski definition) is 2. The van der Waals surface area contributed by atoms with E-state index in [1.54, 1.807) is 0 Å². The normalized spacial score (nSPS) is 21.0. The molecule has 1 amide bonds. The molecule has 0 aliphatic carbocycles. The van der Waals surface area contributed by atoms with Gasteiger partial charge in [0, 0.05) is 18.2 Å². The van der Waals surface area contributed by atoms with E-state index in [1.807, 2.05) is 43.9 Å². The highest BCUT2D eigenvalue weighted by Gasteiger charge is 2.28. The van der Waals surface area contributed by atoms with Gasteiger partial charge in [0.2, 0.25) is 0 Å². The number of likely N-dealkylation sites (tertiary alicyclic amines) is 1. The van der Waals surface area contributed by atoms with Gasteiger partial charge < -0.3 is 10.0 Å². The molecule has 0 saturated carbocycles. The highest BCUT2D eigenvalue weighted by atomic mass is 16.3. The SMILES string of the molecule is Cc1cccc(C)c1C(=O)N1CCCCCC1CC(C)O. The van der Waals surface area contributed by atoms with Crippen molar-refractivity contribution in [3.05, 3.63) is 34.9 Å². The molecule has 1 aromatic carbocycles. The molecule has 0 radical (unpaired) electrons. The number of aliphatic hydroxyl groups excluding tert-OH is 1. The van der Waals surface area contributed by atoms with E-state index in [-0.39, 0.29) is 18.1 Å². The van der Waals surface area contributed by atoms with Crippen molar-refractivity contribution in [1.82, 2.24) is 4.90 Å². The Morgan fingerprint density at radius 3 is 2.57 bits per heavy atom. The third kappa shape index (κ3) is 3.85. The molecule has 0 bridgehead atoms. The zero-order valence-corrected chi connectivity index (χ0v) is 13.4. The monoisotopic (exact) mass is 289 g/mol. The summed E-state index contributed by atoms with van der Waals surface area (Å²) < 4.78 is 0. The van der Waals surface area contributed by atoms with Crippen LogP contribution < -0.4 is 0 Å². The molecule has 1 aliphatic heterocycles. The summed E-state index contributed by atoms with van der Waals surface area (Å²) in [6, 6.07) is 6.17. The van der Waals surface area contributed by atoms with Crippen molar-refractivity contribution in [3.63, 3.8) is 0 Å². The summed E-state index contributed by atoms with van der Waals surface area (Å²) in [5.74, 6) is 0.137. The third-order valence-corrected chi connectivity index (χ3v) is 4.45. The number of carbonyl (C=O) groups excluding carboxylic acids is 1. The number of nitrogens with zero attached hydrogens (tertiary/aromatic N) is 1. The first-order chi connectivity index (χ1) is 10.0. The van der Waals surface area contributed by atoms with Gasteiger partial charge in [-0.3, -0.25) is 4.79 Å². The summed E-state index contributed by atoms with van der Waals surface area (Å²) >= 11 is 0. The number of amides is 1. The molecule has 2 atom stereocenters. The number of rotatable bonds is 3. The summed E-state index contributed by atoms with van der Waals surface area (Å²) in [5, 5.41) is 9.74. The maximum absolute atomic E-state index is 13.0. The Bertz CT molecular complexity index is 476. The first-order valence-electron chi connectivity index (χ1n) is 8.06. The van der Waals surface area contributed by atoms with E-state index in [4.69, 9.17) is 0 Å². The lowest BCUT2D eigenvalue weighted by molar-refractivity contribution is 0.0606. The van der Waals surface area contributed by atoms with Crippen LogP contribution in [0.2, 0.25) is 0 Å². The predicted molar refractivity (Wildman–Crippen MR) is 85.5 cm³/mol. The molecule has 2 unspecified atom stereocenters. The molecule has 0 aromatic heterocycles. The number of hydrogen-bond donors (Lipinski definition) is 1. The maximum Gasteiger partial charge on any atom is 0.254 e. The molecule has 21 heavy (non-hydrogen) atoms. The topological polar surface area (TPSA) is 40.5 Å². The van der Waals surface area contributed by atoms with E-state index in [1.165, 1.54) is 6.42 Å². The predicted octanol–water partition coefficient (Wildman–Crippen LogP) is 3.46. The van der Waals surface area contributed by atoms with E-state index in [0.29, 0.717) is 6.42 Å². The number of benzene rings is 1. The second-order valence-corrected chi connectivity index (χ2v) is 6.35. The van der Waals surface area contributed by atoms with Crippen molar-refractivity contribution >= 4 is 5.91 Å². The third-order valence-electron chi connectivity index (χ3n) is 4.45. The smallest absolute Gasteiger partial charge is 0.254 e. The first-order valence-corrected chi connectivity index (χ1v) is 8.06. The lowest BCUT2D eigenvalue weighted by Crippen LogP contribution is -2.42. The van der Waals surface area contributed by atoms with Crippen molar-refractivity contribution in [2.75, 3.05) is 6.54 Å². The molecular weight excluding hydrogens is 262 g/mol. The van der Waals surface area contributed by atoms with Crippen LogP contribution in [0, 0.1) is 13.8 Å². The summed E-state index contributed by atoms with van der Waals surface area (Å²) in [6.07, 6.45) is 4.70. The zero-order valence-electron chi connectivity index (χ0n) is 13.4. The van der Waals surface area contributed by atoms with Crippen LogP contribution in [-0.2, 0) is 0 Å². The molecular formula is C18H27NO2. The van der Waals surface area contributed by atoms with Crippen LogP contribution in [0.1, 0.15) is 60.5 Å². The van der Waals surface area contributed by atoms with Crippen LogP contribution in [0.4, 0.5) is 0 Å². The molecule has 116 valence electrons. The standard InChI is InChI=1S/C18H27NO2/c1-13-8-7-9-14(2)17(13)18(21)19-11-6-4-5-10-16(19)12-15(3)20/h7-9,15-16,20H,4-6,10-12H2,1-3H3. The van der Waals surface area contributed by atoms with Crippen LogP contribution in [0.25, 0.3) is 0 Å². The van der Waals surface area contributed by atoms with Gasteiger partial charge in [0.15, 0.2) is 0 Å². The van der Waals surface area contributed by atoms with Gasteiger partial charge in [-0.15, -0.1) is 0 Å². The molecule has 1 aromatic rings. The average molecular weight is 289 g/mol. The molecule has 1 saturated heterocycles. The number of aryl methyl sites for hydroxylation is 2. The Morgan fingerprint density at radius 1 is 1.29 bits per heavy atom. The van der Waals surface area contributed by atoms with Crippen molar-refractivity contribution in [2.45, 2.75) is 65.0 Å². The number of aliphatic hydroxyl groups is 1.